The molecule has 0 aliphatic rings. The molecule has 1 rings (SSSR count). The van der Waals surface area contributed by atoms with Crippen LogP contribution in [0.1, 0.15) is 13.3 Å². The van der Waals surface area contributed by atoms with Gasteiger partial charge in [0.25, 0.3) is 0 Å². The monoisotopic (exact) mass is 170 g/mol. The third-order valence-corrected chi connectivity index (χ3v) is 1.63. The molecule has 0 aliphatic heterocycles. The Morgan fingerprint density at radius 3 is 3.09 bits per heavy atom. The molecule has 60 valence electrons. The molecular weight excluding hydrogens is 160 g/mol. The lowest BCUT2D eigenvalue weighted by molar-refractivity contribution is 0.977. The van der Waals surface area contributed by atoms with E-state index in [1.54, 1.807) is 6.20 Å². The minimum atomic E-state index is 0.543. The summed E-state index contributed by atoms with van der Waals surface area (Å²) in [6.45, 7) is 3.04. The Morgan fingerprint density at radius 2 is 2.45 bits per heavy atom. The van der Waals surface area contributed by atoms with Crippen LogP contribution in [-0.4, -0.2) is 11.5 Å². The predicted molar refractivity (Wildman–Crippen MR) is 48.0 cm³/mol. The summed E-state index contributed by atoms with van der Waals surface area (Å²) < 4.78 is 0. The van der Waals surface area contributed by atoms with Crippen LogP contribution in [0.2, 0.25) is 5.15 Å². The molecule has 0 saturated heterocycles. The van der Waals surface area contributed by atoms with Gasteiger partial charge < -0.3 is 5.32 Å². The number of nitrogens with one attached hydrogen (secondary N) is 1. The maximum absolute atomic E-state index is 5.79. The molecule has 0 saturated carbocycles. The van der Waals surface area contributed by atoms with Gasteiger partial charge in [0.2, 0.25) is 0 Å². The normalized spacial score (nSPS) is 9.64. The molecule has 1 N–H and O–H groups in total. The number of aromatic nitrogens is 1. The Bertz CT molecular complexity index is 225. The Labute approximate surface area is 71.6 Å². The van der Waals surface area contributed by atoms with Crippen LogP contribution < -0.4 is 5.32 Å². The van der Waals surface area contributed by atoms with Gasteiger partial charge in [-0.3, -0.25) is 0 Å². The van der Waals surface area contributed by atoms with Crippen molar-refractivity contribution in [2.24, 2.45) is 0 Å². The van der Waals surface area contributed by atoms with Crippen LogP contribution in [0.15, 0.2) is 18.3 Å². The van der Waals surface area contributed by atoms with Crippen LogP contribution in [-0.2, 0) is 0 Å². The summed E-state index contributed by atoms with van der Waals surface area (Å²) in [5.41, 5.74) is 0.913. The molecule has 0 aliphatic carbocycles. The van der Waals surface area contributed by atoms with Gasteiger partial charge in [-0.15, -0.1) is 0 Å². The fourth-order valence-corrected chi connectivity index (χ4v) is 0.964. The van der Waals surface area contributed by atoms with E-state index in [0.29, 0.717) is 5.15 Å². The maximum atomic E-state index is 5.79. The number of nitrogens with zero attached hydrogens (tertiary/aromatic N) is 1. The lowest BCUT2D eigenvalue weighted by Gasteiger charge is -2.04. The maximum Gasteiger partial charge on any atom is 0.152 e. The molecule has 0 atom stereocenters. The van der Waals surface area contributed by atoms with Crippen LogP contribution in [0, 0.1) is 0 Å². The summed E-state index contributed by atoms with van der Waals surface area (Å²) in [4.78, 5) is 3.93. The van der Waals surface area contributed by atoms with Crippen molar-refractivity contribution in [3.8, 4) is 0 Å². The lowest BCUT2D eigenvalue weighted by Crippen LogP contribution is -2.00. The average Bonchev–Trinajstić information content (AvgIpc) is 2.03. The van der Waals surface area contributed by atoms with Gasteiger partial charge in [0.05, 0.1) is 5.69 Å². The van der Waals surface area contributed by atoms with Gasteiger partial charge in [0.1, 0.15) is 0 Å². The van der Waals surface area contributed by atoms with Gasteiger partial charge >= 0.3 is 0 Å². The van der Waals surface area contributed by atoms with E-state index in [9.17, 15) is 0 Å². The van der Waals surface area contributed by atoms with Crippen molar-refractivity contribution in [1.29, 1.82) is 0 Å². The second kappa shape index (κ2) is 4.19. The van der Waals surface area contributed by atoms with Gasteiger partial charge in [-0.2, -0.15) is 0 Å². The van der Waals surface area contributed by atoms with Crippen LogP contribution in [0.3, 0.4) is 0 Å². The largest absolute Gasteiger partial charge is 0.383 e. The number of anilines is 1. The van der Waals surface area contributed by atoms with E-state index < -0.39 is 0 Å². The van der Waals surface area contributed by atoms with Crippen LogP contribution in [0.5, 0.6) is 0 Å². The summed E-state index contributed by atoms with van der Waals surface area (Å²) >= 11 is 5.79. The highest BCUT2D eigenvalue weighted by Gasteiger charge is 1.96. The van der Waals surface area contributed by atoms with E-state index in [1.165, 1.54) is 0 Å². The van der Waals surface area contributed by atoms with E-state index in [0.717, 1.165) is 18.7 Å². The molecule has 2 nitrogen and oxygen atoms in total. The van der Waals surface area contributed by atoms with Crippen molar-refractivity contribution in [1.82, 2.24) is 4.98 Å². The van der Waals surface area contributed by atoms with Crippen molar-refractivity contribution < 1.29 is 0 Å². The van der Waals surface area contributed by atoms with Crippen LogP contribution in [0.25, 0.3) is 0 Å². The highest BCUT2D eigenvalue weighted by atomic mass is 35.5. The zero-order valence-electron chi connectivity index (χ0n) is 6.47. The van der Waals surface area contributed by atoms with Crippen molar-refractivity contribution in [2.75, 3.05) is 11.9 Å². The molecule has 0 bridgehead atoms. The fourth-order valence-electron chi connectivity index (χ4n) is 0.778. The first kappa shape index (κ1) is 8.34. The van der Waals surface area contributed by atoms with Crippen molar-refractivity contribution in [3.05, 3.63) is 23.5 Å². The molecule has 0 amide bonds. The van der Waals surface area contributed by atoms with Gasteiger partial charge in [0, 0.05) is 12.7 Å². The summed E-state index contributed by atoms with van der Waals surface area (Å²) in [6, 6.07) is 3.79. The molecule has 3 heteroatoms. The quantitative estimate of drug-likeness (QED) is 0.706. The fraction of sp³-hybridized carbons (Fsp3) is 0.375. The SMILES string of the molecule is CCCNc1cccnc1Cl. The van der Waals surface area contributed by atoms with E-state index in [-0.39, 0.29) is 0 Å². The lowest BCUT2D eigenvalue weighted by atomic mass is 10.4. The van der Waals surface area contributed by atoms with E-state index in [4.69, 9.17) is 11.6 Å². The van der Waals surface area contributed by atoms with Crippen LogP contribution in [0.4, 0.5) is 5.69 Å². The average molecular weight is 171 g/mol. The molecule has 11 heavy (non-hydrogen) atoms. The molecular formula is C8H11ClN2. The number of hydrogen-bond donors (Lipinski definition) is 1. The summed E-state index contributed by atoms with van der Waals surface area (Å²) in [7, 11) is 0. The third-order valence-electron chi connectivity index (χ3n) is 1.32. The Hall–Kier alpha value is -0.760. The molecule has 0 aromatic carbocycles. The Balaban J connectivity index is 2.62. The van der Waals surface area contributed by atoms with Crippen molar-refractivity contribution in [3.63, 3.8) is 0 Å². The van der Waals surface area contributed by atoms with E-state index in [2.05, 4.69) is 17.2 Å². The van der Waals surface area contributed by atoms with Gasteiger partial charge in [-0.1, -0.05) is 18.5 Å². The van der Waals surface area contributed by atoms with E-state index >= 15 is 0 Å². The Morgan fingerprint density at radius 1 is 1.64 bits per heavy atom. The number of hydrogen-bond acceptors (Lipinski definition) is 2. The van der Waals surface area contributed by atoms with Crippen molar-refractivity contribution >= 4 is 17.3 Å². The smallest absolute Gasteiger partial charge is 0.152 e. The summed E-state index contributed by atoms with van der Waals surface area (Å²) in [5, 5.41) is 3.71. The minimum absolute atomic E-state index is 0.543. The molecule has 0 radical (unpaired) electrons. The van der Waals surface area contributed by atoms with Gasteiger partial charge in [0.15, 0.2) is 5.15 Å². The molecule has 1 aromatic rings. The highest BCUT2D eigenvalue weighted by molar-refractivity contribution is 6.31. The second-order valence-corrected chi connectivity index (χ2v) is 2.63. The first-order valence-electron chi connectivity index (χ1n) is 3.69. The molecule has 0 fully saturated rings. The molecule has 0 unspecified atom stereocenters. The molecule has 0 spiro atoms. The first-order chi connectivity index (χ1) is 5.34. The Kier molecular flexibility index (Phi) is 3.17. The molecule has 1 heterocycles. The van der Waals surface area contributed by atoms with Crippen LogP contribution >= 0.6 is 11.6 Å². The topological polar surface area (TPSA) is 24.9 Å². The van der Waals surface area contributed by atoms with E-state index in [1.807, 2.05) is 12.1 Å². The number of pyridine rings is 1. The predicted octanol–water partition coefficient (Wildman–Crippen LogP) is 2.56. The van der Waals surface area contributed by atoms with Gasteiger partial charge in [-0.05, 0) is 18.6 Å². The van der Waals surface area contributed by atoms with Crippen molar-refractivity contribution in [2.45, 2.75) is 13.3 Å². The summed E-state index contributed by atoms with van der Waals surface area (Å²) in [5.74, 6) is 0. The number of halogens is 1. The zero-order valence-corrected chi connectivity index (χ0v) is 7.23. The first-order valence-corrected chi connectivity index (χ1v) is 4.06. The summed E-state index contributed by atoms with van der Waals surface area (Å²) in [6.07, 6.45) is 2.77. The third kappa shape index (κ3) is 2.39. The standard InChI is InChI=1S/C8H11ClN2/c1-2-5-10-7-4-3-6-11-8(7)9/h3-4,6,10H,2,5H2,1H3. The second-order valence-electron chi connectivity index (χ2n) is 2.27. The number of rotatable bonds is 3. The minimum Gasteiger partial charge on any atom is -0.383 e. The zero-order chi connectivity index (χ0) is 8.10. The molecule has 1 aromatic heterocycles. The highest BCUT2D eigenvalue weighted by Crippen LogP contribution is 2.16. The van der Waals surface area contributed by atoms with Gasteiger partial charge in [-0.25, -0.2) is 4.98 Å².